The fourth-order valence-electron chi connectivity index (χ4n) is 3.21. The van der Waals surface area contributed by atoms with Gasteiger partial charge in [-0.3, -0.25) is 0 Å². The van der Waals surface area contributed by atoms with Crippen molar-refractivity contribution >= 4 is 33.3 Å². The molecule has 1 aliphatic heterocycles. The molecule has 1 unspecified atom stereocenters. The van der Waals surface area contributed by atoms with Crippen LogP contribution in [-0.2, 0) is 11.3 Å². The molecule has 3 aromatic heterocycles. The molecule has 4 heterocycles. The molecule has 9 heteroatoms. The quantitative estimate of drug-likeness (QED) is 0.476. The molecule has 0 N–H and O–H groups in total. The van der Waals surface area contributed by atoms with Crippen molar-refractivity contribution in [2.75, 3.05) is 6.61 Å². The average Bonchev–Trinajstić information content (AvgIpc) is 3.45. The smallest absolute Gasteiger partial charge is 0.215 e. The summed E-state index contributed by atoms with van der Waals surface area (Å²) in [5.41, 5.74) is 2.29. The van der Waals surface area contributed by atoms with Gasteiger partial charge in [0.05, 0.1) is 18.0 Å². The molecule has 27 heavy (non-hydrogen) atoms. The van der Waals surface area contributed by atoms with Crippen molar-refractivity contribution in [1.29, 1.82) is 0 Å². The Labute approximate surface area is 163 Å². The van der Waals surface area contributed by atoms with Crippen LogP contribution in [0.1, 0.15) is 12.8 Å². The molecule has 1 atom stereocenters. The van der Waals surface area contributed by atoms with Crippen molar-refractivity contribution in [2.24, 2.45) is 0 Å². The maximum atomic E-state index is 5.72. The zero-order valence-electron chi connectivity index (χ0n) is 14.4. The van der Waals surface area contributed by atoms with Crippen LogP contribution in [0.25, 0.3) is 21.3 Å². The second kappa shape index (κ2) is 7.34. The first kappa shape index (κ1) is 16.8. The van der Waals surface area contributed by atoms with E-state index in [1.165, 1.54) is 11.8 Å². The molecule has 1 aliphatic rings. The van der Waals surface area contributed by atoms with Gasteiger partial charge in [0.25, 0.3) is 0 Å². The molecule has 136 valence electrons. The highest BCUT2D eigenvalue weighted by Gasteiger charge is 2.21. The lowest BCUT2D eigenvalue weighted by Gasteiger charge is -2.10. The Morgan fingerprint density at radius 1 is 1.22 bits per heavy atom. The molecular weight excluding hydrogens is 380 g/mol. The fourth-order valence-corrected chi connectivity index (χ4v) is 5.06. The summed E-state index contributed by atoms with van der Waals surface area (Å²) in [5, 5.41) is 17.0. The van der Waals surface area contributed by atoms with Gasteiger partial charge in [-0.2, -0.15) is 0 Å². The number of ether oxygens (including phenoxy) is 1. The van der Waals surface area contributed by atoms with Gasteiger partial charge in [0.2, 0.25) is 5.16 Å². The highest BCUT2D eigenvalue weighted by atomic mass is 32.2. The van der Waals surface area contributed by atoms with Gasteiger partial charge in [0, 0.05) is 17.6 Å². The minimum absolute atomic E-state index is 0.180. The summed E-state index contributed by atoms with van der Waals surface area (Å²) in [6.45, 7) is 1.48. The molecule has 0 aliphatic carbocycles. The third-order valence-corrected chi connectivity index (χ3v) is 6.37. The molecule has 1 fully saturated rings. The normalized spacial score (nSPS) is 17.0. The van der Waals surface area contributed by atoms with E-state index < -0.39 is 0 Å². The van der Waals surface area contributed by atoms with E-state index in [-0.39, 0.29) is 6.10 Å². The van der Waals surface area contributed by atoms with E-state index in [0.717, 1.165) is 51.0 Å². The van der Waals surface area contributed by atoms with Crippen LogP contribution in [0, 0.1) is 0 Å². The zero-order chi connectivity index (χ0) is 18.1. The molecule has 1 saturated heterocycles. The van der Waals surface area contributed by atoms with E-state index >= 15 is 0 Å². The largest absolute Gasteiger partial charge is 0.376 e. The van der Waals surface area contributed by atoms with Crippen molar-refractivity contribution in [2.45, 2.75) is 35.7 Å². The Bertz CT molecular complexity index is 1060. The van der Waals surface area contributed by atoms with E-state index in [1.54, 1.807) is 17.7 Å². The Balaban J connectivity index is 1.51. The minimum atomic E-state index is 0.180. The van der Waals surface area contributed by atoms with Gasteiger partial charge in [0.15, 0.2) is 0 Å². The standard InChI is InChI=1S/C18H16N6OS2/c1-2-5-12(6-3-1)14-10-26-16-15(14)17(20-11-19-16)27-18-21-22-23-24(18)9-13-7-4-8-25-13/h1-3,5-6,10-11,13H,4,7-9H2. The molecule has 7 nitrogen and oxygen atoms in total. The fraction of sp³-hybridized carbons (Fsp3) is 0.278. The monoisotopic (exact) mass is 396 g/mol. The summed E-state index contributed by atoms with van der Waals surface area (Å²) in [7, 11) is 0. The van der Waals surface area contributed by atoms with Crippen LogP contribution in [0.2, 0.25) is 0 Å². The predicted octanol–water partition coefficient (Wildman–Crippen LogP) is 3.68. The lowest BCUT2D eigenvalue weighted by Crippen LogP contribution is -2.16. The van der Waals surface area contributed by atoms with Crippen LogP contribution < -0.4 is 0 Å². The summed E-state index contributed by atoms with van der Waals surface area (Å²) in [5.74, 6) is 0. The number of hydrogen-bond donors (Lipinski definition) is 0. The number of rotatable bonds is 5. The van der Waals surface area contributed by atoms with Gasteiger partial charge in [-0.15, -0.1) is 16.4 Å². The highest BCUT2D eigenvalue weighted by molar-refractivity contribution is 7.99. The topological polar surface area (TPSA) is 78.6 Å². The van der Waals surface area contributed by atoms with E-state index in [9.17, 15) is 0 Å². The van der Waals surface area contributed by atoms with Crippen molar-refractivity contribution in [1.82, 2.24) is 30.2 Å². The van der Waals surface area contributed by atoms with Crippen molar-refractivity contribution in [3.05, 3.63) is 42.0 Å². The second-order valence-electron chi connectivity index (χ2n) is 6.26. The van der Waals surface area contributed by atoms with Gasteiger partial charge in [-0.1, -0.05) is 30.3 Å². The van der Waals surface area contributed by atoms with Crippen molar-refractivity contribution in [3.63, 3.8) is 0 Å². The Hall–Kier alpha value is -2.36. The van der Waals surface area contributed by atoms with Gasteiger partial charge in [0.1, 0.15) is 16.2 Å². The van der Waals surface area contributed by atoms with Crippen LogP contribution in [0.4, 0.5) is 0 Å². The van der Waals surface area contributed by atoms with Crippen LogP contribution >= 0.6 is 23.1 Å². The number of fused-ring (bicyclic) bond motifs is 1. The third kappa shape index (κ3) is 3.33. The molecule has 1 aromatic carbocycles. The van der Waals surface area contributed by atoms with E-state index in [2.05, 4.69) is 43.0 Å². The SMILES string of the molecule is c1ccc(-c2csc3ncnc(Sc4nnnn4CC4CCCO4)c23)cc1. The van der Waals surface area contributed by atoms with Crippen LogP contribution in [-0.4, -0.2) is 42.9 Å². The summed E-state index contributed by atoms with van der Waals surface area (Å²) in [6, 6.07) is 10.3. The first-order valence-corrected chi connectivity index (χ1v) is 10.4. The van der Waals surface area contributed by atoms with E-state index in [1.807, 2.05) is 22.9 Å². The molecule has 0 radical (unpaired) electrons. The second-order valence-corrected chi connectivity index (χ2v) is 8.07. The molecule has 0 saturated carbocycles. The molecule has 0 bridgehead atoms. The van der Waals surface area contributed by atoms with Gasteiger partial charge in [-0.25, -0.2) is 14.6 Å². The number of aromatic nitrogens is 6. The van der Waals surface area contributed by atoms with Crippen molar-refractivity contribution in [3.8, 4) is 11.1 Å². The van der Waals surface area contributed by atoms with Crippen LogP contribution in [0.5, 0.6) is 0 Å². The highest BCUT2D eigenvalue weighted by Crippen LogP contribution is 2.39. The first-order chi connectivity index (χ1) is 13.4. The summed E-state index contributed by atoms with van der Waals surface area (Å²) < 4.78 is 7.53. The van der Waals surface area contributed by atoms with Gasteiger partial charge in [-0.05, 0) is 40.6 Å². The van der Waals surface area contributed by atoms with Crippen LogP contribution in [0.3, 0.4) is 0 Å². The lowest BCUT2D eigenvalue weighted by molar-refractivity contribution is 0.0912. The maximum Gasteiger partial charge on any atom is 0.215 e. The molecule has 0 amide bonds. The average molecular weight is 397 g/mol. The van der Waals surface area contributed by atoms with Gasteiger partial charge < -0.3 is 4.74 Å². The zero-order valence-corrected chi connectivity index (χ0v) is 16.0. The number of thiophene rings is 1. The first-order valence-electron chi connectivity index (χ1n) is 8.72. The molecule has 4 aromatic rings. The number of benzene rings is 1. The van der Waals surface area contributed by atoms with E-state index in [4.69, 9.17) is 4.74 Å². The summed E-state index contributed by atoms with van der Waals surface area (Å²) in [4.78, 5) is 9.93. The van der Waals surface area contributed by atoms with E-state index in [0.29, 0.717) is 6.54 Å². The molecular formula is C18H16N6OS2. The van der Waals surface area contributed by atoms with Crippen LogP contribution in [0.15, 0.2) is 52.2 Å². The Morgan fingerprint density at radius 2 is 2.15 bits per heavy atom. The Kier molecular flexibility index (Phi) is 4.56. The number of tetrazole rings is 1. The van der Waals surface area contributed by atoms with Gasteiger partial charge >= 0.3 is 0 Å². The summed E-state index contributed by atoms with van der Waals surface area (Å²) in [6.07, 6.45) is 3.92. The maximum absolute atomic E-state index is 5.72. The van der Waals surface area contributed by atoms with Crippen molar-refractivity contribution < 1.29 is 4.74 Å². The molecule has 0 spiro atoms. The number of nitrogens with zero attached hydrogens (tertiary/aromatic N) is 6. The lowest BCUT2D eigenvalue weighted by atomic mass is 10.1. The third-order valence-electron chi connectivity index (χ3n) is 4.51. The molecule has 5 rings (SSSR count). The Morgan fingerprint density at radius 3 is 3.00 bits per heavy atom. The minimum Gasteiger partial charge on any atom is -0.376 e. The number of hydrogen-bond acceptors (Lipinski definition) is 8. The summed E-state index contributed by atoms with van der Waals surface area (Å²) >= 11 is 3.10. The predicted molar refractivity (Wildman–Crippen MR) is 104 cm³/mol.